The van der Waals surface area contributed by atoms with Gasteiger partial charge in [-0.1, -0.05) is 36.4 Å². The average Bonchev–Trinajstić information content (AvgIpc) is 3.40. The molecule has 7 nitrogen and oxygen atoms in total. The lowest BCUT2D eigenvalue weighted by molar-refractivity contribution is 0.0996. The summed E-state index contributed by atoms with van der Waals surface area (Å²) >= 11 is 0. The third-order valence-corrected chi connectivity index (χ3v) is 6.29. The van der Waals surface area contributed by atoms with Gasteiger partial charge >= 0.3 is 0 Å². The number of carbonyl (C=O) groups is 2. The van der Waals surface area contributed by atoms with Crippen molar-refractivity contribution < 1.29 is 9.59 Å². The normalized spacial score (nSPS) is 13.4. The molecule has 1 saturated heterocycles. The molecule has 1 fully saturated rings. The van der Waals surface area contributed by atoms with E-state index in [4.69, 9.17) is 5.73 Å². The van der Waals surface area contributed by atoms with Gasteiger partial charge in [0.15, 0.2) is 0 Å². The molecule has 7 heteroatoms. The second kappa shape index (κ2) is 9.85. The van der Waals surface area contributed by atoms with E-state index < -0.39 is 5.91 Å². The third kappa shape index (κ3) is 4.80. The van der Waals surface area contributed by atoms with Gasteiger partial charge in [-0.15, -0.1) is 0 Å². The summed E-state index contributed by atoms with van der Waals surface area (Å²) in [5.74, 6) is -0.792. The number of benzene rings is 3. The first-order valence-electron chi connectivity index (χ1n) is 11.8. The number of hydrogen-bond acceptors (Lipinski definition) is 4. The molecule has 5 rings (SSSR count). The maximum atomic E-state index is 13.3. The lowest BCUT2D eigenvalue weighted by Gasteiger charge is -2.30. The van der Waals surface area contributed by atoms with E-state index in [2.05, 4.69) is 15.3 Å². The summed E-state index contributed by atoms with van der Waals surface area (Å²) in [7, 11) is 0. The van der Waals surface area contributed by atoms with Crippen LogP contribution in [-0.2, 0) is 0 Å². The zero-order valence-corrected chi connectivity index (χ0v) is 19.4. The van der Waals surface area contributed by atoms with Crippen LogP contribution in [0.5, 0.6) is 0 Å². The highest BCUT2D eigenvalue weighted by molar-refractivity contribution is 6.07. The van der Waals surface area contributed by atoms with Crippen LogP contribution in [0, 0.1) is 0 Å². The number of anilines is 2. The van der Waals surface area contributed by atoms with Crippen molar-refractivity contribution >= 4 is 23.2 Å². The van der Waals surface area contributed by atoms with E-state index in [1.54, 1.807) is 24.4 Å². The van der Waals surface area contributed by atoms with Crippen molar-refractivity contribution in [3.63, 3.8) is 0 Å². The molecule has 2 heterocycles. The van der Waals surface area contributed by atoms with Crippen LogP contribution in [0.25, 0.3) is 16.9 Å². The molecule has 4 aromatic rings. The number of primary amides is 1. The van der Waals surface area contributed by atoms with Gasteiger partial charge in [-0.2, -0.15) is 5.10 Å². The number of aromatic nitrogens is 2. The smallest absolute Gasteiger partial charge is 0.255 e. The summed E-state index contributed by atoms with van der Waals surface area (Å²) in [6, 6.07) is 24.5. The van der Waals surface area contributed by atoms with E-state index in [1.165, 1.54) is 6.42 Å². The van der Waals surface area contributed by atoms with E-state index in [0.29, 0.717) is 16.8 Å². The first-order valence-corrected chi connectivity index (χ1v) is 11.8. The van der Waals surface area contributed by atoms with Crippen LogP contribution in [0.3, 0.4) is 0 Å². The summed E-state index contributed by atoms with van der Waals surface area (Å²) in [5.41, 5.74) is 10.6. The van der Waals surface area contributed by atoms with Crippen molar-refractivity contribution in [2.24, 2.45) is 5.73 Å². The molecule has 3 aromatic carbocycles. The van der Waals surface area contributed by atoms with Gasteiger partial charge in [-0.05, 0) is 61.7 Å². The number of rotatable bonds is 6. The van der Waals surface area contributed by atoms with Crippen molar-refractivity contribution in [2.45, 2.75) is 19.3 Å². The summed E-state index contributed by atoms with van der Waals surface area (Å²) in [6.45, 7) is 1.83. The SMILES string of the molecule is NC(=O)c1ccc(N2CCCCC2)c(NC(=O)c2cccc(-n3nccc3-c3ccccc3)c2)c1. The predicted octanol–water partition coefficient (Wildman–Crippen LogP) is 4.88. The molecular formula is C28H27N5O2. The molecule has 0 unspecified atom stereocenters. The Kier molecular flexibility index (Phi) is 6.30. The molecule has 1 aliphatic rings. The van der Waals surface area contributed by atoms with Crippen LogP contribution >= 0.6 is 0 Å². The highest BCUT2D eigenvalue weighted by Crippen LogP contribution is 2.30. The third-order valence-electron chi connectivity index (χ3n) is 6.29. The van der Waals surface area contributed by atoms with Gasteiger partial charge < -0.3 is 16.0 Å². The van der Waals surface area contributed by atoms with Crippen LogP contribution in [-0.4, -0.2) is 34.7 Å². The molecule has 0 bridgehead atoms. The Balaban J connectivity index is 1.45. The van der Waals surface area contributed by atoms with Crippen molar-refractivity contribution in [1.82, 2.24) is 9.78 Å². The van der Waals surface area contributed by atoms with E-state index in [0.717, 1.165) is 48.6 Å². The number of amides is 2. The predicted molar refractivity (Wildman–Crippen MR) is 138 cm³/mol. The average molecular weight is 466 g/mol. The first-order chi connectivity index (χ1) is 17.1. The topological polar surface area (TPSA) is 93.3 Å². The molecule has 1 aliphatic heterocycles. The second-order valence-electron chi connectivity index (χ2n) is 8.64. The van der Waals surface area contributed by atoms with Gasteiger partial charge in [0.05, 0.1) is 29.0 Å². The lowest BCUT2D eigenvalue weighted by Crippen LogP contribution is -2.30. The maximum absolute atomic E-state index is 13.3. The molecule has 0 radical (unpaired) electrons. The Morgan fingerprint density at radius 1 is 0.829 bits per heavy atom. The largest absolute Gasteiger partial charge is 0.370 e. The van der Waals surface area contributed by atoms with Crippen LogP contribution in [0.15, 0.2) is 85.1 Å². The van der Waals surface area contributed by atoms with Gasteiger partial charge in [0.25, 0.3) is 5.91 Å². The van der Waals surface area contributed by atoms with E-state index in [-0.39, 0.29) is 5.91 Å². The monoisotopic (exact) mass is 465 g/mol. The van der Waals surface area contributed by atoms with Gasteiger partial charge in [0.2, 0.25) is 5.91 Å². The minimum atomic E-state index is -0.528. The van der Waals surface area contributed by atoms with Crippen LogP contribution in [0.1, 0.15) is 40.0 Å². The van der Waals surface area contributed by atoms with Crippen LogP contribution in [0.2, 0.25) is 0 Å². The van der Waals surface area contributed by atoms with Crippen LogP contribution < -0.4 is 16.0 Å². The maximum Gasteiger partial charge on any atom is 0.255 e. The first kappa shape index (κ1) is 22.4. The van der Waals surface area contributed by atoms with E-state index in [1.807, 2.05) is 65.3 Å². The van der Waals surface area contributed by atoms with Gasteiger partial charge in [0, 0.05) is 29.8 Å². The van der Waals surface area contributed by atoms with Crippen molar-refractivity contribution in [3.8, 4) is 16.9 Å². The number of nitrogens with two attached hydrogens (primary N) is 1. The summed E-state index contributed by atoms with van der Waals surface area (Å²) in [6.07, 6.45) is 5.14. The fraction of sp³-hybridized carbons (Fsp3) is 0.179. The Bertz CT molecular complexity index is 1360. The number of nitrogens with zero attached hydrogens (tertiary/aromatic N) is 3. The van der Waals surface area contributed by atoms with Gasteiger partial charge in [0.1, 0.15) is 0 Å². The number of hydrogen-bond donors (Lipinski definition) is 2. The Morgan fingerprint density at radius 2 is 1.63 bits per heavy atom. The summed E-state index contributed by atoms with van der Waals surface area (Å²) in [5, 5.41) is 7.50. The van der Waals surface area contributed by atoms with E-state index >= 15 is 0 Å². The summed E-state index contributed by atoms with van der Waals surface area (Å²) in [4.78, 5) is 27.4. The van der Waals surface area contributed by atoms with Gasteiger partial charge in [-0.3, -0.25) is 9.59 Å². The number of carbonyl (C=O) groups excluding carboxylic acids is 2. The molecule has 176 valence electrons. The number of piperidine rings is 1. The quantitative estimate of drug-likeness (QED) is 0.424. The van der Waals surface area contributed by atoms with Crippen molar-refractivity contribution in [2.75, 3.05) is 23.3 Å². The molecule has 0 aliphatic carbocycles. The minimum absolute atomic E-state index is 0.264. The fourth-order valence-corrected chi connectivity index (χ4v) is 4.51. The fourth-order valence-electron chi connectivity index (χ4n) is 4.51. The molecule has 2 amide bonds. The molecular weight excluding hydrogens is 438 g/mol. The Labute approximate surface area is 204 Å². The molecule has 35 heavy (non-hydrogen) atoms. The lowest BCUT2D eigenvalue weighted by atomic mass is 10.1. The standard InChI is InChI=1S/C28H27N5O2/c29-27(34)21-12-13-26(32-16-5-2-6-17-32)24(19-21)31-28(35)22-10-7-11-23(18-22)33-25(14-15-30-33)20-8-3-1-4-9-20/h1,3-4,7-15,18-19H,2,5-6,16-17H2,(H2,29,34)(H,31,35). The van der Waals surface area contributed by atoms with Crippen molar-refractivity contribution in [3.05, 3.63) is 96.2 Å². The zero-order valence-electron chi connectivity index (χ0n) is 19.4. The number of nitrogens with one attached hydrogen (secondary N) is 1. The van der Waals surface area contributed by atoms with Gasteiger partial charge in [-0.25, -0.2) is 4.68 Å². The Hall–Kier alpha value is -4.39. The second-order valence-corrected chi connectivity index (χ2v) is 8.64. The van der Waals surface area contributed by atoms with Crippen molar-refractivity contribution in [1.29, 1.82) is 0 Å². The zero-order chi connectivity index (χ0) is 24.2. The molecule has 0 spiro atoms. The molecule has 0 atom stereocenters. The van der Waals surface area contributed by atoms with E-state index in [9.17, 15) is 9.59 Å². The highest BCUT2D eigenvalue weighted by atomic mass is 16.2. The minimum Gasteiger partial charge on any atom is -0.370 e. The van der Waals surface area contributed by atoms with Crippen LogP contribution in [0.4, 0.5) is 11.4 Å². The molecule has 0 saturated carbocycles. The Morgan fingerprint density at radius 3 is 2.40 bits per heavy atom. The molecule has 3 N–H and O–H groups in total. The summed E-state index contributed by atoms with van der Waals surface area (Å²) < 4.78 is 1.82. The highest BCUT2D eigenvalue weighted by Gasteiger charge is 2.19. The molecule has 1 aromatic heterocycles.